The molecule has 0 saturated heterocycles. The summed E-state index contributed by atoms with van der Waals surface area (Å²) >= 11 is 0. The van der Waals surface area contributed by atoms with Crippen LogP contribution in [0.15, 0.2) is 103 Å². The second kappa shape index (κ2) is 10.2. The number of Topliss-reactive ketones (excluding diaryl/α,β-unsaturated/α-hetero) is 1. The summed E-state index contributed by atoms with van der Waals surface area (Å²) < 4.78 is 17.9. The molecular formula is C30H22O6. The minimum Gasteiger partial charge on any atom is -0.485 e. The molecule has 0 spiro atoms. The van der Waals surface area contributed by atoms with Crippen LogP contribution in [0.25, 0.3) is 6.08 Å². The fourth-order valence-corrected chi connectivity index (χ4v) is 3.79. The number of hydrogen-bond donors (Lipinski definition) is 1. The quantitative estimate of drug-likeness (QED) is 0.306. The number of allylic oxidation sites excluding steroid dienone is 1. The monoisotopic (exact) mass is 478 g/mol. The Morgan fingerprint density at radius 2 is 1.42 bits per heavy atom. The van der Waals surface area contributed by atoms with E-state index in [0.717, 1.165) is 11.1 Å². The van der Waals surface area contributed by atoms with Gasteiger partial charge in [-0.3, -0.25) is 4.79 Å². The van der Waals surface area contributed by atoms with Crippen molar-refractivity contribution in [2.45, 2.75) is 13.2 Å². The van der Waals surface area contributed by atoms with Crippen molar-refractivity contribution in [1.82, 2.24) is 0 Å². The van der Waals surface area contributed by atoms with E-state index in [1.807, 2.05) is 66.7 Å². The summed E-state index contributed by atoms with van der Waals surface area (Å²) in [5.41, 5.74) is 2.98. The lowest BCUT2D eigenvalue weighted by Gasteiger charge is -2.14. The van der Waals surface area contributed by atoms with Crippen molar-refractivity contribution in [3.05, 3.63) is 131 Å². The van der Waals surface area contributed by atoms with Gasteiger partial charge in [0.25, 0.3) is 0 Å². The fourth-order valence-electron chi connectivity index (χ4n) is 3.79. The summed E-state index contributed by atoms with van der Waals surface area (Å²) in [5, 5.41) is 9.22. The van der Waals surface area contributed by atoms with Crippen LogP contribution in [-0.4, -0.2) is 16.9 Å². The van der Waals surface area contributed by atoms with Crippen molar-refractivity contribution in [3.63, 3.8) is 0 Å². The first-order valence-electron chi connectivity index (χ1n) is 11.4. The zero-order chi connectivity index (χ0) is 24.9. The third-order valence-corrected chi connectivity index (χ3v) is 5.65. The molecule has 6 heteroatoms. The number of benzene rings is 4. The summed E-state index contributed by atoms with van der Waals surface area (Å²) in [5.74, 6) is 0.0722. The van der Waals surface area contributed by atoms with Crippen LogP contribution in [0.3, 0.4) is 0 Å². The summed E-state index contributed by atoms with van der Waals surface area (Å²) in [6.45, 7) is 0.729. The average molecular weight is 479 g/mol. The molecule has 0 bridgehead atoms. The van der Waals surface area contributed by atoms with Crippen LogP contribution in [0.4, 0.5) is 0 Å². The third-order valence-electron chi connectivity index (χ3n) is 5.65. The lowest BCUT2D eigenvalue weighted by Crippen LogP contribution is -2.02. The predicted octanol–water partition coefficient (Wildman–Crippen LogP) is 6.16. The molecule has 0 aliphatic carbocycles. The molecule has 4 aromatic carbocycles. The average Bonchev–Trinajstić information content (AvgIpc) is 3.22. The van der Waals surface area contributed by atoms with E-state index < -0.39 is 5.97 Å². The summed E-state index contributed by atoms with van der Waals surface area (Å²) in [4.78, 5) is 24.1. The van der Waals surface area contributed by atoms with Gasteiger partial charge in [-0.25, -0.2) is 4.79 Å². The van der Waals surface area contributed by atoms with Crippen LogP contribution in [-0.2, 0) is 13.2 Å². The Balaban J connectivity index is 1.40. The van der Waals surface area contributed by atoms with Crippen LogP contribution in [0.1, 0.15) is 37.4 Å². The minimum absolute atomic E-state index is 0.0310. The maximum absolute atomic E-state index is 12.9. The number of carbonyl (C=O) groups is 2. The normalized spacial score (nSPS) is 13.2. The number of fused-ring (bicyclic) bond motifs is 1. The van der Waals surface area contributed by atoms with Gasteiger partial charge in [-0.05, 0) is 53.1 Å². The van der Waals surface area contributed by atoms with E-state index in [1.54, 1.807) is 18.2 Å². The highest BCUT2D eigenvalue weighted by Gasteiger charge is 2.28. The van der Waals surface area contributed by atoms with Crippen molar-refractivity contribution < 1.29 is 28.9 Å². The largest absolute Gasteiger partial charge is 0.485 e. The SMILES string of the molecule is O=C(O)c1ccc2c(c1)C(=O)/C(=C/c1ccc(OCc3ccccc3)c(OCc3ccccc3)c1)O2. The lowest BCUT2D eigenvalue weighted by molar-refractivity contribution is 0.0697. The summed E-state index contributed by atoms with van der Waals surface area (Å²) in [7, 11) is 0. The van der Waals surface area contributed by atoms with Crippen molar-refractivity contribution in [3.8, 4) is 17.2 Å². The zero-order valence-corrected chi connectivity index (χ0v) is 19.2. The van der Waals surface area contributed by atoms with Gasteiger partial charge in [0.15, 0.2) is 17.3 Å². The first-order chi connectivity index (χ1) is 17.6. The molecule has 0 radical (unpaired) electrons. The first-order valence-corrected chi connectivity index (χ1v) is 11.4. The van der Waals surface area contributed by atoms with Gasteiger partial charge in [0, 0.05) is 0 Å². The van der Waals surface area contributed by atoms with Crippen LogP contribution < -0.4 is 14.2 Å². The minimum atomic E-state index is -1.10. The predicted molar refractivity (Wildman–Crippen MR) is 134 cm³/mol. The second-order valence-corrected chi connectivity index (χ2v) is 8.21. The molecule has 0 atom stereocenters. The van der Waals surface area contributed by atoms with Gasteiger partial charge < -0.3 is 19.3 Å². The van der Waals surface area contributed by atoms with E-state index in [0.29, 0.717) is 36.0 Å². The van der Waals surface area contributed by atoms with Gasteiger partial charge in [0.05, 0.1) is 11.1 Å². The van der Waals surface area contributed by atoms with E-state index in [9.17, 15) is 14.7 Å². The smallest absolute Gasteiger partial charge is 0.335 e. The Labute approximate surface area is 208 Å². The fraction of sp³-hybridized carbons (Fsp3) is 0.0667. The molecule has 1 aliphatic rings. The number of hydrogen-bond acceptors (Lipinski definition) is 5. The van der Waals surface area contributed by atoms with Gasteiger partial charge in [0.1, 0.15) is 19.0 Å². The van der Waals surface area contributed by atoms with Crippen LogP contribution in [0.2, 0.25) is 0 Å². The molecule has 0 fully saturated rings. The lowest BCUT2D eigenvalue weighted by atomic mass is 10.1. The summed E-state index contributed by atoms with van der Waals surface area (Å²) in [6.07, 6.45) is 1.61. The highest BCUT2D eigenvalue weighted by atomic mass is 16.5. The highest BCUT2D eigenvalue weighted by molar-refractivity contribution is 6.15. The molecular weight excluding hydrogens is 456 g/mol. The van der Waals surface area contributed by atoms with Gasteiger partial charge in [-0.2, -0.15) is 0 Å². The third kappa shape index (κ3) is 5.13. The molecule has 0 amide bonds. The van der Waals surface area contributed by atoms with E-state index in [-0.39, 0.29) is 22.7 Å². The molecule has 1 aliphatic heterocycles. The number of rotatable bonds is 8. The molecule has 0 unspecified atom stereocenters. The Bertz CT molecular complexity index is 1440. The standard InChI is InChI=1S/C30H22O6/c31-29-24-17-23(30(32)33)12-14-25(24)36-28(29)16-22-11-13-26(34-18-20-7-3-1-4-8-20)27(15-22)35-19-21-9-5-2-6-10-21/h1-17H,18-19H2,(H,32,33)/b28-16-. The van der Waals surface area contributed by atoms with Crippen molar-refractivity contribution >= 4 is 17.8 Å². The Morgan fingerprint density at radius 1 is 0.778 bits per heavy atom. The topological polar surface area (TPSA) is 82.1 Å². The van der Waals surface area contributed by atoms with Crippen molar-refractivity contribution in [2.24, 2.45) is 0 Å². The molecule has 1 heterocycles. The number of carbonyl (C=O) groups excluding carboxylic acids is 1. The van der Waals surface area contributed by atoms with Gasteiger partial charge >= 0.3 is 5.97 Å². The molecule has 6 nitrogen and oxygen atoms in total. The van der Waals surface area contributed by atoms with Gasteiger partial charge in [0.2, 0.25) is 5.78 Å². The second-order valence-electron chi connectivity index (χ2n) is 8.21. The highest BCUT2D eigenvalue weighted by Crippen LogP contribution is 2.35. The molecule has 1 N–H and O–H groups in total. The van der Waals surface area contributed by atoms with Crippen molar-refractivity contribution in [1.29, 1.82) is 0 Å². The molecule has 0 saturated carbocycles. The number of aromatic carboxylic acids is 1. The molecule has 178 valence electrons. The summed E-state index contributed by atoms with van der Waals surface area (Å²) in [6, 6.07) is 29.3. The first kappa shape index (κ1) is 22.9. The number of carboxylic acid groups (broad SMARTS) is 1. The van der Waals surface area contributed by atoms with Crippen LogP contribution in [0, 0.1) is 0 Å². The Kier molecular flexibility index (Phi) is 6.49. The van der Waals surface area contributed by atoms with E-state index >= 15 is 0 Å². The van der Waals surface area contributed by atoms with Crippen LogP contribution in [0.5, 0.6) is 17.2 Å². The molecule has 36 heavy (non-hydrogen) atoms. The Morgan fingerprint density at radius 3 is 2.06 bits per heavy atom. The number of ether oxygens (including phenoxy) is 3. The number of ketones is 1. The van der Waals surface area contributed by atoms with Crippen molar-refractivity contribution in [2.75, 3.05) is 0 Å². The zero-order valence-electron chi connectivity index (χ0n) is 19.2. The molecule has 0 aromatic heterocycles. The van der Waals surface area contributed by atoms with Gasteiger partial charge in [-0.15, -0.1) is 0 Å². The maximum Gasteiger partial charge on any atom is 0.335 e. The maximum atomic E-state index is 12.9. The van der Waals surface area contributed by atoms with Gasteiger partial charge in [-0.1, -0.05) is 66.7 Å². The van der Waals surface area contributed by atoms with E-state index in [1.165, 1.54) is 18.2 Å². The molecule has 4 aromatic rings. The number of carboxylic acids is 1. The van der Waals surface area contributed by atoms with Crippen LogP contribution >= 0.6 is 0 Å². The van der Waals surface area contributed by atoms with E-state index in [4.69, 9.17) is 14.2 Å². The van der Waals surface area contributed by atoms with E-state index in [2.05, 4.69) is 0 Å². The molecule has 5 rings (SSSR count). The Hall–Kier alpha value is -4.84.